The maximum atomic E-state index is 12.3. The van der Waals surface area contributed by atoms with E-state index in [0.29, 0.717) is 19.1 Å². The number of amides is 2. The van der Waals surface area contributed by atoms with Crippen LogP contribution in [-0.4, -0.2) is 65.2 Å². The van der Waals surface area contributed by atoms with Crippen LogP contribution in [0, 0.1) is 11.8 Å². The molecule has 21 heavy (non-hydrogen) atoms. The van der Waals surface area contributed by atoms with Gasteiger partial charge < -0.3 is 20.2 Å². The molecule has 0 aromatic carbocycles. The van der Waals surface area contributed by atoms with E-state index in [9.17, 15) is 9.59 Å². The van der Waals surface area contributed by atoms with Crippen molar-refractivity contribution in [1.29, 1.82) is 0 Å². The highest BCUT2D eigenvalue weighted by atomic mass is 16.4. The lowest BCUT2D eigenvalue weighted by atomic mass is 9.98. The van der Waals surface area contributed by atoms with E-state index in [1.54, 1.807) is 4.90 Å². The Balaban J connectivity index is 1.51. The van der Waals surface area contributed by atoms with Gasteiger partial charge in [-0.3, -0.25) is 4.79 Å². The Morgan fingerprint density at radius 3 is 2.71 bits per heavy atom. The van der Waals surface area contributed by atoms with Crippen molar-refractivity contribution in [3.05, 3.63) is 0 Å². The third-order valence-electron chi connectivity index (χ3n) is 5.36. The van der Waals surface area contributed by atoms with Crippen molar-refractivity contribution in [2.45, 2.75) is 44.7 Å². The molecule has 0 radical (unpaired) electrons. The SMILES string of the molecule is C[C@@H]1CN(C(=O)NC2CCN3CCCC3C2)C[C@H]1C(=O)O. The fraction of sp³-hybridized carbons (Fsp3) is 0.867. The molecule has 2 N–H and O–H groups in total. The third kappa shape index (κ3) is 3.00. The van der Waals surface area contributed by atoms with Crippen LogP contribution in [0.25, 0.3) is 0 Å². The van der Waals surface area contributed by atoms with Crippen LogP contribution < -0.4 is 5.32 Å². The predicted molar refractivity (Wildman–Crippen MR) is 78.0 cm³/mol. The van der Waals surface area contributed by atoms with Crippen LogP contribution in [0.15, 0.2) is 0 Å². The van der Waals surface area contributed by atoms with Crippen molar-refractivity contribution >= 4 is 12.0 Å². The van der Waals surface area contributed by atoms with Crippen molar-refractivity contribution < 1.29 is 14.7 Å². The molecule has 3 aliphatic rings. The number of piperidine rings is 1. The largest absolute Gasteiger partial charge is 0.481 e. The highest BCUT2D eigenvalue weighted by Crippen LogP contribution is 2.27. The zero-order valence-corrected chi connectivity index (χ0v) is 12.6. The Bertz CT molecular complexity index is 428. The van der Waals surface area contributed by atoms with Crippen molar-refractivity contribution in [1.82, 2.24) is 15.1 Å². The number of hydrogen-bond acceptors (Lipinski definition) is 3. The lowest BCUT2D eigenvalue weighted by molar-refractivity contribution is -0.142. The van der Waals surface area contributed by atoms with E-state index in [-0.39, 0.29) is 18.0 Å². The zero-order chi connectivity index (χ0) is 15.0. The van der Waals surface area contributed by atoms with Crippen LogP contribution in [-0.2, 0) is 4.79 Å². The van der Waals surface area contributed by atoms with Gasteiger partial charge >= 0.3 is 12.0 Å². The molecule has 0 aromatic rings. The van der Waals surface area contributed by atoms with E-state index in [1.165, 1.54) is 19.4 Å². The summed E-state index contributed by atoms with van der Waals surface area (Å²) in [7, 11) is 0. The first-order valence-electron chi connectivity index (χ1n) is 8.07. The summed E-state index contributed by atoms with van der Waals surface area (Å²) in [5, 5.41) is 12.3. The van der Waals surface area contributed by atoms with E-state index in [1.807, 2.05) is 6.92 Å². The molecule has 3 aliphatic heterocycles. The number of carbonyl (C=O) groups is 2. The minimum absolute atomic E-state index is 0.0323. The van der Waals surface area contributed by atoms with Crippen molar-refractivity contribution in [2.24, 2.45) is 11.8 Å². The normalized spacial score (nSPS) is 36.5. The van der Waals surface area contributed by atoms with Crippen LogP contribution in [0.2, 0.25) is 0 Å². The second kappa shape index (κ2) is 5.83. The molecule has 0 aromatic heterocycles. The molecule has 3 saturated heterocycles. The topological polar surface area (TPSA) is 72.9 Å². The van der Waals surface area contributed by atoms with Gasteiger partial charge in [0.2, 0.25) is 0 Å². The zero-order valence-electron chi connectivity index (χ0n) is 12.6. The number of rotatable bonds is 2. The average Bonchev–Trinajstić information content (AvgIpc) is 3.04. The Morgan fingerprint density at radius 1 is 1.19 bits per heavy atom. The van der Waals surface area contributed by atoms with Crippen LogP contribution >= 0.6 is 0 Å². The van der Waals surface area contributed by atoms with Crippen LogP contribution in [0.3, 0.4) is 0 Å². The molecule has 0 bridgehead atoms. The number of carbonyl (C=O) groups excluding carboxylic acids is 1. The first-order valence-corrected chi connectivity index (χ1v) is 8.07. The van der Waals surface area contributed by atoms with Gasteiger partial charge in [-0.15, -0.1) is 0 Å². The molecular weight excluding hydrogens is 270 g/mol. The Hall–Kier alpha value is -1.30. The van der Waals surface area contributed by atoms with E-state index in [0.717, 1.165) is 19.4 Å². The summed E-state index contributed by atoms with van der Waals surface area (Å²) in [5.41, 5.74) is 0. The average molecular weight is 295 g/mol. The number of aliphatic carboxylic acids is 1. The summed E-state index contributed by atoms with van der Waals surface area (Å²) in [4.78, 5) is 27.7. The lowest BCUT2D eigenvalue weighted by Crippen LogP contribution is -2.50. The molecular formula is C15H25N3O3. The smallest absolute Gasteiger partial charge is 0.317 e. The van der Waals surface area contributed by atoms with Gasteiger partial charge in [0.05, 0.1) is 5.92 Å². The first-order chi connectivity index (χ1) is 10.0. The molecule has 2 unspecified atom stereocenters. The third-order valence-corrected chi connectivity index (χ3v) is 5.36. The molecule has 0 aliphatic carbocycles. The summed E-state index contributed by atoms with van der Waals surface area (Å²) in [6.45, 7) is 5.07. The molecule has 3 rings (SSSR count). The molecule has 3 fully saturated rings. The van der Waals surface area contributed by atoms with Gasteiger partial charge in [-0.25, -0.2) is 4.79 Å². The Labute approximate surface area is 125 Å². The lowest BCUT2D eigenvalue weighted by Gasteiger charge is -2.35. The second-order valence-corrected chi connectivity index (χ2v) is 6.83. The van der Waals surface area contributed by atoms with Crippen LogP contribution in [0.1, 0.15) is 32.6 Å². The van der Waals surface area contributed by atoms with Gasteiger partial charge in [0.1, 0.15) is 0 Å². The van der Waals surface area contributed by atoms with E-state index < -0.39 is 11.9 Å². The number of carboxylic acid groups (broad SMARTS) is 1. The summed E-state index contributed by atoms with van der Waals surface area (Å²) in [5.74, 6) is -1.19. The molecule has 0 spiro atoms. The first kappa shape index (κ1) is 14.6. The Morgan fingerprint density at radius 2 is 2.00 bits per heavy atom. The minimum Gasteiger partial charge on any atom is -0.481 e. The molecule has 6 nitrogen and oxygen atoms in total. The molecule has 4 atom stereocenters. The fourth-order valence-electron chi connectivity index (χ4n) is 4.08. The maximum absolute atomic E-state index is 12.3. The number of nitrogens with zero attached hydrogens (tertiary/aromatic N) is 2. The summed E-state index contributed by atoms with van der Waals surface area (Å²) in [6.07, 6.45) is 4.56. The highest BCUT2D eigenvalue weighted by Gasteiger charge is 2.38. The standard InChI is InChI=1S/C15H25N3O3/c1-10-8-18(9-13(10)14(19)20)15(21)16-11-4-6-17-5-2-3-12(17)7-11/h10-13H,2-9H2,1H3,(H,16,21)(H,19,20)/t10-,11?,12?,13-/m1/s1. The van der Waals surface area contributed by atoms with E-state index in [4.69, 9.17) is 5.11 Å². The van der Waals surface area contributed by atoms with Crippen LogP contribution in [0.5, 0.6) is 0 Å². The van der Waals surface area contributed by atoms with Gasteiger partial charge in [-0.2, -0.15) is 0 Å². The van der Waals surface area contributed by atoms with Gasteiger partial charge in [-0.05, 0) is 38.1 Å². The number of nitrogens with one attached hydrogen (secondary N) is 1. The minimum atomic E-state index is -0.794. The molecule has 6 heteroatoms. The number of fused-ring (bicyclic) bond motifs is 1. The number of likely N-dealkylation sites (tertiary alicyclic amines) is 1. The van der Waals surface area contributed by atoms with Gasteiger partial charge in [0.15, 0.2) is 0 Å². The van der Waals surface area contributed by atoms with Gasteiger partial charge in [-0.1, -0.05) is 6.92 Å². The fourth-order valence-corrected chi connectivity index (χ4v) is 4.08. The number of carboxylic acids is 1. The van der Waals surface area contributed by atoms with Crippen molar-refractivity contribution in [2.75, 3.05) is 26.2 Å². The molecule has 3 heterocycles. The highest BCUT2D eigenvalue weighted by molar-refractivity contribution is 5.77. The molecule has 0 saturated carbocycles. The van der Waals surface area contributed by atoms with Crippen molar-refractivity contribution in [3.8, 4) is 0 Å². The van der Waals surface area contributed by atoms with Gasteiger partial charge in [0.25, 0.3) is 0 Å². The summed E-state index contributed by atoms with van der Waals surface area (Å²) >= 11 is 0. The summed E-state index contributed by atoms with van der Waals surface area (Å²) < 4.78 is 0. The summed E-state index contributed by atoms with van der Waals surface area (Å²) in [6, 6.07) is 0.798. The van der Waals surface area contributed by atoms with Gasteiger partial charge in [0, 0.05) is 31.7 Å². The predicted octanol–water partition coefficient (Wildman–Crippen LogP) is 0.975. The Kier molecular flexibility index (Phi) is 4.06. The van der Waals surface area contributed by atoms with Crippen LogP contribution in [0.4, 0.5) is 4.79 Å². The van der Waals surface area contributed by atoms with E-state index in [2.05, 4.69) is 10.2 Å². The maximum Gasteiger partial charge on any atom is 0.317 e. The quantitative estimate of drug-likeness (QED) is 0.796. The van der Waals surface area contributed by atoms with Crippen molar-refractivity contribution in [3.63, 3.8) is 0 Å². The number of urea groups is 1. The molecule has 2 amide bonds. The number of hydrogen-bond donors (Lipinski definition) is 2. The monoisotopic (exact) mass is 295 g/mol. The molecule has 118 valence electrons. The van der Waals surface area contributed by atoms with E-state index >= 15 is 0 Å². The second-order valence-electron chi connectivity index (χ2n) is 6.83.